The van der Waals surface area contributed by atoms with Gasteiger partial charge in [0.1, 0.15) is 0 Å². The molecule has 0 bridgehead atoms. The Kier molecular flexibility index (Phi) is 6.87. The van der Waals surface area contributed by atoms with Crippen molar-refractivity contribution < 1.29 is 5.11 Å². The van der Waals surface area contributed by atoms with Gasteiger partial charge in [0.2, 0.25) is 0 Å². The molecule has 0 aliphatic rings. The van der Waals surface area contributed by atoms with E-state index in [-0.39, 0.29) is 0 Å². The molecule has 1 nitrogen and oxygen atoms in total. The van der Waals surface area contributed by atoms with Gasteiger partial charge >= 0.3 is 154 Å². The van der Waals surface area contributed by atoms with E-state index in [1.165, 1.54) is 14.0 Å². The third-order valence-corrected chi connectivity index (χ3v) is 16.8. The summed E-state index contributed by atoms with van der Waals surface area (Å²) in [6, 6.07) is 44.4. The second-order valence-corrected chi connectivity index (χ2v) is 15.7. The molecule has 0 aliphatic carbocycles. The molecule has 0 saturated carbocycles. The molecule has 0 fully saturated rings. The van der Waals surface area contributed by atoms with Crippen molar-refractivity contribution in [3.8, 4) is 0 Å². The van der Waals surface area contributed by atoms with Gasteiger partial charge < -0.3 is 5.11 Å². The second-order valence-electron chi connectivity index (χ2n) is 6.01. The monoisotopic (exact) mass is 461 g/mol. The van der Waals surface area contributed by atoms with E-state index in [0.29, 0.717) is 0 Å². The summed E-state index contributed by atoms with van der Waals surface area (Å²) in [5.41, 5.74) is 0. The van der Waals surface area contributed by atoms with Crippen LogP contribution in [0.3, 0.4) is 0 Å². The normalized spacial score (nSPS) is 10.6. The van der Waals surface area contributed by atoms with Crippen molar-refractivity contribution in [1.29, 1.82) is 0 Å². The number of hydrogen-bond donors (Lipinski definition) is 1. The van der Waals surface area contributed by atoms with Gasteiger partial charge in [-0.2, -0.15) is 0 Å². The summed E-state index contributed by atoms with van der Waals surface area (Å²) in [5, 5.41) is 7.00. The summed E-state index contributed by atoms with van der Waals surface area (Å²) in [6.07, 6.45) is 0. The molecule has 0 atom stereocenters. The van der Waals surface area contributed by atoms with E-state index in [2.05, 4.69) is 121 Å². The molecule has 0 saturated heterocycles. The van der Waals surface area contributed by atoms with E-state index in [4.69, 9.17) is 5.11 Å². The summed E-state index contributed by atoms with van der Waals surface area (Å²) < 4.78 is 5.91. The fourth-order valence-corrected chi connectivity index (χ4v) is 15.7. The van der Waals surface area contributed by atoms with E-state index < -0.39 is 18.8 Å². The Balaban J connectivity index is 0.00000102. The van der Waals surface area contributed by atoms with Crippen molar-refractivity contribution >= 4 is 32.8 Å². The van der Waals surface area contributed by atoms with Crippen LogP contribution in [0.5, 0.6) is 0 Å². The average molecular weight is 462 g/mol. The number of rotatable bonds is 4. The van der Waals surface area contributed by atoms with Crippen LogP contribution in [0.25, 0.3) is 0 Å². The summed E-state index contributed by atoms with van der Waals surface area (Å²) >= 11 is -3.17. The van der Waals surface area contributed by atoms with Gasteiger partial charge in [-0.05, 0) is 0 Å². The Morgan fingerprint density at radius 2 is 0.556 bits per heavy atom. The topological polar surface area (TPSA) is 20.2 Å². The van der Waals surface area contributed by atoms with E-state index >= 15 is 0 Å². The van der Waals surface area contributed by atoms with Crippen LogP contribution in [0.4, 0.5) is 0 Å². The van der Waals surface area contributed by atoms with Crippen LogP contribution in [-0.2, 0) is 0 Å². The molecule has 0 amide bonds. The first-order valence-corrected chi connectivity index (χ1v) is 14.1. The molecule has 135 valence electrons. The van der Waals surface area contributed by atoms with Crippen molar-refractivity contribution in [3.05, 3.63) is 121 Å². The summed E-state index contributed by atoms with van der Waals surface area (Å²) in [4.78, 5) is 0. The molecule has 0 aromatic heterocycles. The van der Waals surface area contributed by atoms with Gasteiger partial charge in [0.15, 0.2) is 0 Å². The molecule has 0 unspecified atom stereocenters. The summed E-state index contributed by atoms with van der Waals surface area (Å²) in [7, 11) is 1.00. The Labute approximate surface area is 166 Å². The van der Waals surface area contributed by atoms with Crippen LogP contribution in [0.2, 0.25) is 0 Å². The minimum atomic E-state index is -3.17. The molecule has 4 rings (SSSR count). The predicted molar refractivity (Wildman–Crippen MR) is 118 cm³/mol. The maximum absolute atomic E-state index is 7.00. The van der Waals surface area contributed by atoms with Crippen LogP contribution in [0, 0.1) is 0 Å². The second kappa shape index (κ2) is 9.55. The Morgan fingerprint density at radius 3 is 0.741 bits per heavy atom. The van der Waals surface area contributed by atoms with E-state index in [9.17, 15) is 0 Å². The molecular formula is C25H24OSb. The standard InChI is InChI=1S/4C6H5.CH4O.Sb/c4*1-2-4-6-5-3-1;1-2;/h4*1-5H;2H,1H3;. The van der Waals surface area contributed by atoms with Gasteiger partial charge in [0.25, 0.3) is 0 Å². The molecule has 4 aromatic rings. The molecule has 1 radical (unpaired) electrons. The quantitative estimate of drug-likeness (QED) is 0.463. The van der Waals surface area contributed by atoms with Gasteiger partial charge in [0.05, 0.1) is 0 Å². The first-order chi connectivity index (χ1) is 13.4. The minimum absolute atomic E-state index is 1.00. The Bertz CT molecular complexity index is 759. The van der Waals surface area contributed by atoms with Crippen LogP contribution >= 0.6 is 0 Å². The van der Waals surface area contributed by atoms with Gasteiger partial charge in [-0.15, -0.1) is 0 Å². The zero-order valence-corrected chi connectivity index (χ0v) is 18.0. The van der Waals surface area contributed by atoms with Crippen LogP contribution < -0.4 is 14.0 Å². The fraction of sp³-hybridized carbons (Fsp3) is 0.0400. The van der Waals surface area contributed by atoms with Crippen molar-refractivity contribution in [2.75, 3.05) is 7.11 Å². The van der Waals surface area contributed by atoms with Gasteiger partial charge in [-0.1, -0.05) is 0 Å². The molecule has 0 aliphatic heterocycles. The van der Waals surface area contributed by atoms with Gasteiger partial charge in [-0.25, -0.2) is 0 Å². The zero-order chi connectivity index (χ0) is 19.0. The molecule has 1 N–H and O–H groups in total. The first kappa shape index (κ1) is 19.4. The summed E-state index contributed by atoms with van der Waals surface area (Å²) in [5.74, 6) is 0. The molecule has 2 heteroatoms. The van der Waals surface area contributed by atoms with Crippen molar-refractivity contribution in [3.63, 3.8) is 0 Å². The van der Waals surface area contributed by atoms with Crippen molar-refractivity contribution in [2.45, 2.75) is 0 Å². The maximum atomic E-state index is 7.00. The van der Waals surface area contributed by atoms with E-state index in [0.717, 1.165) is 7.11 Å². The van der Waals surface area contributed by atoms with E-state index in [1.807, 2.05) is 0 Å². The van der Waals surface area contributed by atoms with Crippen LogP contribution in [-0.4, -0.2) is 31.0 Å². The van der Waals surface area contributed by atoms with Gasteiger partial charge in [-0.3, -0.25) is 0 Å². The zero-order valence-electron chi connectivity index (χ0n) is 15.4. The van der Waals surface area contributed by atoms with Crippen molar-refractivity contribution in [1.82, 2.24) is 0 Å². The third kappa shape index (κ3) is 3.85. The third-order valence-electron chi connectivity index (χ3n) is 4.57. The van der Waals surface area contributed by atoms with Crippen LogP contribution in [0.1, 0.15) is 0 Å². The Morgan fingerprint density at radius 1 is 0.370 bits per heavy atom. The predicted octanol–water partition coefficient (Wildman–Crippen LogP) is 2.67. The number of benzene rings is 4. The molecule has 4 aromatic carbocycles. The fourth-order valence-electron chi connectivity index (χ4n) is 3.50. The average Bonchev–Trinajstić information content (AvgIpc) is 2.79. The molecular weight excluding hydrogens is 438 g/mol. The molecule has 0 spiro atoms. The number of aliphatic hydroxyl groups excluding tert-OH is 1. The number of hydrogen-bond acceptors (Lipinski definition) is 1. The SMILES string of the molecule is CO.c1cc[c]([Sb]([c]2ccccc2)([c]2ccccc2)[c]2ccccc2)cc1. The first-order valence-electron chi connectivity index (χ1n) is 8.98. The molecule has 0 heterocycles. The summed E-state index contributed by atoms with van der Waals surface area (Å²) in [6.45, 7) is 0. The van der Waals surface area contributed by atoms with Gasteiger partial charge in [0, 0.05) is 7.11 Å². The Hall–Kier alpha value is -2.34. The number of aliphatic hydroxyl groups is 1. The van der Waals surface area contributed by atoms with E-state index in [1.54, 1.807) is 0 Å². The van der Waals surface area contributed by atoms with Crippen LogP contribution in [0.15, 0.2) is 121 Å². The van der Waals surface area contributed by atoms with Crippen molar-refractivity contribution in [2.24, 2.45) is 0 Å². The molecule has 27 heavy (non-hydrogen) atoms.